The lowest BCUT2D eigenvalue weighted by molar-refractivity contribution is -0.116. The number of hydrogen-bond acceptors (Lipinski definition) is 4. The normalized spacial score (nSPS) is 21.1. The number of benzene rings is 2. The van der Waals surface area contributed by atoms with E-state index in [2.05, 4.69) is 82.6 Å². The fraction of sp³-hybridized carbons (Fsp3) is 0.529. The first-order valence-electron chi connectivity index (χ1n) is 14.7. The predicted molar refractivity (Wildman–Crippen MR) is 166 cm³/mol. The standard InChI is InChI=1S/C34H49N3O2/c1-10-17-37(9)29-19-28(30(20(4)11-2)33(36-12-3)32(29)34(35)39)26-16-15-25(14-13-21(5)38)27(18-26)31-23(7)22(6)24(31)8/h12,15-16,18-20,22-24,31,36H,3,10-11,13-14,17H2,1-2,4-9H3,(H2,35,39). The molecule has 1 aliphatic rings. The fourth-order valence-corrected chi connectivity index (χ4v) is 6.54. The second-order valence-corrected chi connectivity index (χ2v) is 11.8. The summed E-state index contributed by atoms with van der Waals surface area (Å²) in [4.78, 5) is 26.9. The zero-order chi connectivity index (χ0) is 29.0. The van der Waals surface area contributed by atoms with Gasteiger partial charge >= 0.3 is 0 Å². The first-order valence-corrected chi connectivity index (χ1v) is 14.7. The molecule has 0 radical (unpaired) electrons. The molecule has 3 atom stereocenters. The third kappa shape index (κ3) is 6.08. The third-order valence-electron chi connectivity index (χ3n) is 9.27. The van der Waals surface area contributed by atoms with Gasteiger partial charge in [-0.1, -0.05) is 66.3 Å². The maximum Gasteiger partial charge on any atom is 0.252 e. The van der Waals surface area contributed by atoms with E-state index in [4.69, 9.17) is 5.73 Å². The molecule has 2 aromatic carbocycles. The van der Waals surface area contributed by atoms with Crippen LogP contribution in [-0.4, -0.2) is 25.3 Å². The molecular formula is C34H49N3O2. The van der Waals surface area contributed by atoms with Crippen molar-refractivity contribution >= 4 is 23.1 Å². The molecule has 5 heteroatoms. The van der Waals surface area contributed by atoms with Crippen molar-refractivity contribution < 1.29 is 9.59 Å². The number of ketones is 1. The molecule has 0 heterocycles. The predicted octanol–water partition coefficient (Wildman–Crippen LogP) is 7.89. The van der Waals surface area contributed by atoms with Gasteiger partial charge in [0.1, 0.15) is 5.78 Å². The minimum atomic E-state index is -0.445. The highest BCUT2D eigenvalue weighted by atomic mass is 16.1. The first-order chi connectivity index (χ1) is 18.5. The lowest BCUT2D eigenvalue weighted by atomic mass is 9.56. The van der Waals surface area contributed by atoms with Crippen molar-refractivity contribution in [1.29, 1.82) is 0 Å². The van der Waals surface area contributed by atoms with E-state index in [0.29, 0.717) is 35.7 Å². The number of nitrogens with two attached hydrogens (primary N) is 1. The third-order valence-corrected chi connectivity index (χ3v) is 9.27. The smallest absolute Gasteiger partial charge is 0.252 e. The molecule has 3 N–H and O–H groups in total. The molecular weight excluding hydrogens is 482 g/mol. The maximum atomic E-state index is 12.9. The van der Waals surface area contributed by atoms with Crippen LogP contribution in [0.25, 0.3) is 11.1 Å². The van der Waals surface area contributed by atoms with E-state index in [1.165, 1.54) is 11.1 Å². The number of carbonyl (C=O) groups excluding carboxylic acids is 2. The molecule has 5 nitrogen and oxygen atoms in total. The van der Waals surface area contributed by atoms with Gasteiger partial charge in [0.2, 0.25) is 0 Å². The summed E-state index contributed by atoms with van der Waals surface area (Å²) in [5.74, 6) is 2.27. The Balaban J connectivity index is 2.36. The number of rotatable bonds is 13. The Bertz CT molecular complexity index is 1210. The van der Waals surface area contributed by atoms with Crippen molar-refractivity contribution in [3.05, 3.63) is 59.3 Å². The molecule has 39 heavy (non-hydrogen) atoms. The van der Waals surface area contributed by atoms with Gasteiger partial charge in [-0.2, -0.15) is 0 Å². The lowest BCUT2D eigenvalue weighted by Gasteiger charge is -2.49. The second kappa shape index (κ2) is 12.8. The van der Waals surface area contributed by atoms with E-state index in [9.17, 15) is 9.59 Å². The van der Waals surface area contributed by atoms with Gasteiger partial charge in [-0.25, -0.2) is 0 Å². The molecule has 3 rings (SSSR count). The maximum absolute atomic E-state index is 12.9. The Morgan fingerprint density at radius 2 is 1.79 bits per heavy atom. The number of primary amides is 1. The number of hydrogen-bond donors (Lipinski definition) is 2. The van der Waals surface area contributed by atoms with Gasteiger partial charge in [0.15, 0.2) is 0 Å². The topological polar surface area (TPSA) is 75.4 Å². The molecule has 1 saturated carbocycles. The van der Waals surface area contributed by atoms with E-state index in [1.54, 1.807) is 13.1 Å². The van der Waals surface area contributed by atoms with Crippen molar-refractivity contribution in [3.63, 3.8) is 0 Å². The van der Waals surface area contributed by atoms with E-state index in [-0.39, 0.29) is 11.7 Å². The molecule has 0 aliphatic heterocycles. The number of aryl methyl sites for hydroxylation is 1. The number of amides is 1. The molecule has 1 amide bonds. The van der Waals surface area contributed by atoms with E-state index < -0.39 is 5.91 Å². The van der Waals surface area contributed by atoms with Crippen molar-refractivity contribution in [1.82, 2.24) is 0 Å². The quantitative estimate of drug-likeness (QED) is 0.275. The van der Waals surface area contributed by atoms with Gasteiger partial charge in [0.05, 0.1) is 16.9 Å². The van der Waals surface area contributed by atoms with Crippen LogP contribution < -0.4 is 16.0 Å². The minimum absolute atomic E-state index is 0.188. The highest BCUT2D eigenvalue weighted by Gasteiger charge is 2.43. The van der Waals surface area contributed by atoms with E-state index in [0.717, 1.165) is 53.9 Å². The van der Waals surface area contributed by atoms with Crippen molar-refractivity contribution in [3.8, 4) is 11.1 Å². The summed E-state index contributed by atoms with van der Waals surface area (Å²) in [5, 5.41) is 3.31. The second-order valence-electron chi connectivity index (χ2n) is 11.8. The molecule has 0 aromatic heterocycles. The summed E-state index contributed by atoms with van der Waals surface area (Å²) in [7, 11) is 2.02. The summed E-state index contributed by atoms with van der Waals surface area (Å²) in [5.41, 5.74) is 14.1. The summed E-state index contributed by atoms with van der Waals surface area (Å²) < 4.78 is 0. The number of Topliss-reactive ketones (excluding diaryl/α,β-unsaturated/α-hetero) is 1. The van der Waals surface area contributed by atoms with Crippen LogP contribution in [0.15, 0.2) is 37.0 Å². The van der Waals surface area contributed by atoms with Gasteiger partial charge < -0.3 is 20.7 Å². The van der Waals surface area contributed by atoms with Crippen LogP contribution in [0.2, 0.25) is 0 Å². The Hall–Kier alpha value is -3.08. The number of carbonyl (C=O) groups is 2. The highest BCUT2D eigenvalue weighted by Crippen LogP contribution is 2.53. The van der Waals surface area contributed by atoms with Crippen LogP contribution in [0.3, 0.4) is 0 Å². The van der Waals surface area contributed by atoms with Gasteiger partial charge in [-0.3, -0.25) is 4.79 Å². The lowest BCUT2D eigenvalue weighted by Crippen LogP contribution is -2.40. The molecule has 212 valence electrons. The first kappa shape index (κ1) is 30.5. The average Bonchev–Trinajstić information content (AvgIpc) is 2.91. The van der Waals surface area contributed by atoms with Crippen molar-refractivity contribution in [2.45, 2.75) is 86.0 Å². The van der Waals surface area contributed by atoms with Crippen LogP contribution >= 0.6 is 0 Å². The van der Waals surface area contributed by atoms with E-state index in [1.807, 2.05) is 7.05 Å². The number of nitrogens with zero attached hydrogens (tertiary/aromatic N) is 1. The van der Waals surface area contributed by atoms with Gasteiger partial charge in [-0.15, -0.1) is 0 Å². The summed E-state index contributed by atoms with van der Waals surface area (Å²) >= 11 is 0. The van der Waals surface area contributed by atoms with Crippen LogP contribution in [-0.2, 0) is 11.2 Å². The molecule has 0 bridgehead atoms. The Kier molecular flexibility index (Phi) is 10.0. The molecule has 1 fully saturated rings. The summed E-state index contributed by atoms with van der Waals surface area (Å²) in [6.45, 7) is 20.0. The molecule has 1 aliphatic carbocycles. The van der Waals surface area contributed by atoms with Crippen LogP contribution in [0, 0.1) is 17.8 Å². The van der Waals surface area contributed by atoms with Crippen molar-refractivity contribution in [2.75, 3.05) is 23.8 Å². The number of anilines is 2. The van der Waals surface area contributed by atoms with E-state index >= 15 is 0 Å². The van der Waals surface area contributed by atoms with Crippen LogP contribution in [0.1, 0.15) is 107 Å². The monoisotopic (exact) mass is 531 g/mol. The fourth-order valence-electron chi connectivity index (χ4n) is 6.54. The average molecular weight is 532 g/mol. The Morgan fingerprint density at radius 1 is 1.13 bits per heavy atom. The van der Waals surface area contributed by atoms with Crippen molar-refractivity contribution in [2.24, 2.45) is 23.5 Å². The summed E-state index contributed by atoms with van der Waals surface area (Å²) in [6.07, 6.45) is 4.82. The van der Waals surface area contributed by atoms with Gasteiger partial charge in [0.25, 0.3) is 5.91 Å². The Morgan fingerprint density at radius 3 is 2.33 bits per heavy atom. The zero-order valence-corrected chi connectivity index (χ0v) is 25.4. The summed E-state index contributed by atoms with van der Waals surface area (Å²) in [6, 6.07) is 8.96. The van der Waals surface area contributed by atoms with Gasteiger partial charge in [-0.05, 0) is 95.9 Å². The zero-order valence-electron chi connectivity index (χ0n) is 25.4. The minimum Gasteiger partial charge on any atom is -0.374 e. The van der Waals surface area contributed by atoms with Gasteiger partial charge in [0, 0.05) is 20.0 Å². The molecule has 2 aromatic rings. The Labute approximate surface area is 236 Å². The largest absolute Gasteiger partial charge is 0.374 e. The van der Waals surface area contributed by atoms with Crippen LogP contribution in [0.4, 0.5) is 11.4 Å². The molecule has 0 spiro atoms. The van der Waals surface area contributed by atoms with Crippen LogP contribution in [0.5, 0.6) is 0 Å². The number of nitrogens with one attached hydrogen (secondary N) is 1. The molecule has 0 saturated heterocycles. The highest BCUT2D eigenvalue weighted by molar-refractivity contribution is 6.07. The SMILES string of the molecule is C=CNc1c(C(N)=O)c(N(C)CCC)cc(-c2ccc(CCC(C)=O)c(C3C(C)C(C)C3C)c2)c1C(C)CC. The molecule has 3 unspecified atom stereocenters.